The summed E-state index contributed by atoms with van der Waals surface area (Å²) in [4.78, 5) is 0. The fourth-order valence-electron chi connectivity index (χ4n) is 5.10. The minimum Gasteiger partial charge on any atom is -0.350 e. The quantitative estimate of drug-likeness (QED) is 0.180. The summed E-state index contributed by atoms with van der Waals surface area (Å²) in [6.45, 7) is 10.7. The molecule has 0 N–H and O–H groups in total. The van der Waals surface area contributed by atoms with E-state index in [0.717, 1.165) is 5.33 Å². The van der Waals surface area contributed by atoms with Crippen molar-refractivity contribution < 1.29 is 0 Å². The Balaban J connectivity index is 0.000000130. The van der Waals surface area contributed by atoms with E-state index in [2.05, 4.69) is 159 Å². The van der Waals surface area contributed by atoms with Crippen LogP contribution in [0.3, 0.4) is 0 Å². The van der Waals surface area contributed by atoms with Crippen LogP contribution in [0.1, 0.15) is 33.4 Å². The first-order chi connectivity index (χ1) is 17.6. The molecule has 192 valence electrons. The monoisotopic (exact) mass is 555 g/mol. The highest BCUT2D eigenvalue weighted by molar-refractivity contribution is 9.08. The van der Waals surface area contributed by atoms with Gasteiger partial charge in [0.25, 0.3) is 0 Å². The summed E-state index contributed by atoms with van der Waals surface area (Å²) in [6.07, 6.45) is 6.52. The molecule has 0 spiro atoms. The lowest BCUT2D eigenvalue weighted by Gasteiger charge is -1.97. The van der Waals surface area contributed by atoms with Crippen LogP contribution in [-0.2, 0) is 26.5 Å². The summed E-state index contributed by atoms with van der Waals surface area (Å²) in [5.41, 5.74) is 12.0. The summed E-state index contributed by atoms with van der Waals surface area (Å²) in [5.74, 6) is 0. The van der Waals surface area contributed by atoms with Gasteiger partial charge in [0.2, 0.25) is 0 Å². The van der Waals surface area contributed by atoms with Gasteiger partial charge in [-0.3, -0.25) is 0 Å². The van der Waals surface area contributed by atoms with Crippen molar-refractivity contribution in [2.24, 2.45) is 21.1 Å². The first kappa shape index (κ1) is 26.8. The Bertz CT molecular complexity index is 1610. The van der Waals surface area contributed by atoms with Crippen molar-refractivity contribution in [3.63, 3.8) is 0 Å². The lowest BCUT2D eigenvalue weighted by atomic mass is 10.1. The van der Waals surface area contributed by atoms with E-state index in [4.69, 9.17) is 0 Å². The summed E-state index contributed by atoms with van der Waals surface area (Å²) in [6, 6.07) is 19.7. The molecule has 4 heteroatoms. The zero-order valence-electron chi connectivity index (χ0n) is 23.4. The van der Waals surface area contributed by atoms with E-state index in [1.54, 1.807) is 0 Å². The van der Waals surface area contributed by atoms with Gasteiger partial charge in [-0.05, 0) is 87.7 Å². The van der Waals surface area contributed by atoms with Gasteiger partial charge in [0.05, 0.1) is 0 Å². The molecular weight excluding hydrogens is 518 g/mol. The van der Waals surface area contributed by atoms with Crippen molar-refractivity contribution in [3.05, 3.63) is 107 Å². The lowest BCUT2D eigenvalue weighted by Crippen LogP contribution is -1.82. The summed E-state index contributed by atoms with van der Waals surface area (Å²) in [5, 5.41) is 5.03. The third-order valence-corrected chi connectivity index (χ3v) is 7.66. The third kappa shape index (κ3) is 5.70. The number of benzene rings is 3. The summed E-state index contributed by atoms with van der Waals surface area (Å²) >= 11 is 3.50. The normalized spacial score (nSPS) is 10.9. The molecule has 0 aliphatic carbocycles. The van der Waals surface area contributed by atoms with Crippen LogP contribution < -0.4 is 0 Å². The molecule has 0 aliphatic heterocycles. The Morgan fingerprint density at radius 3 is 1.27 bits per heavy atom. The highest BCUT2D eigenvalue weighted by Crippen LogP contribution is 2.24. The van der Waals surface area contributed by atoms with E-state index in [1.807, 2.05) is 0 Å². The molecule has 0 fully saturated rings. The van der Waals surface area contributed by atoms with E-state index in [0.29, 0.717) is 0 Å². The third-order valence-electron chi connectivity index (χ3n) is 7.06. The Morgan fingerprint density at radius 1 is 0.514 bits per heavy atom. The maximum Gasteiger partial charge on any atom is 0.0481 e. The standard InChI is InChI=1S/C11H12BrN.2C11H13N/c1-8-3-4-11-10(5-8)9(6-12)7-13(11)2;2*1-8-4-5-11-10(6-8)9(2)7-12(11)3/h3-5,7H,6H2,1-2H3;2*4-7H,1-3H3. The van der Waals surface area contributed by atoms with Crippen molar-refractivity contribution in [1.82, 2.24) is 13.7 Å². The van der Waals surface area contributed by atoms with Gasteiger partial charge in [-0.1, -0.05) is 50.8 Å². The molecule has 0 amide bonds. The number of halogens is 1. The maximum atomic E-state index is 3.50. The average Bonchev–Trinajstić information content (AvgIpc) is 3.44. The topological polar surface area (TPSA) is 14.8 Å². The first-order valence-corrected chi connectivity index (χ1v) is 13.9. The molecule has 6 aromatic rings. The first-order valence-electron chi connectivity index (χ1n) is 12.7. The predicted molar refractivity (Wildman–Crippen MR) is 165 cm³/mol. The minimum absolute atomic E-state index is 0.924. The van der Waals surface area contributed by atoms with Gasteiger partial charge in [-0.2, -0.15) is 0 Å². The minimum atomic E-state index is 0.924. The summed E-state index contributed by atoms with van der Waals surface area (Å²) < 4.78 is 6.51. The SMILES string of the molecule is Cc1ccc2c(c1)c(C)cn2C.Cc1ccc2c(c1)c(C)cn2C.Cc1ccc2c(c1)c(CBr)cn2C. The van der Waals surface area contributed by atoms with Crippen LogP contribution in [0.25, 0.3) is 32.7 Å². The molecule has 3 aromatic carbocycles. The Hall–Kier alpha value is -3.24. The number of aromatic nitrogens is 3. The van der Waals surface area contributed by atoms with Crippen LogP contribution in [0, 0.1) is 34.6 Å². The fraction of sp³-hybridized carbons (Fsp3) is 0.273. The molecule has 0 bridgehead atoms. The van der Waals surface area contributed by atoms with Gasteiger partial charge in [0, 0.05) is 77.8 Å². The van der Waals surface area contributed by atoms with Gasteiger partial charge >= 0.3 is 0 Å². The van der Waals surface area contributed by atoms with Crippen LogP contribution in [0.15, 0.2) is 73.2 Å². The second-order valence-corrected chi connectivity index (χ2v) is 10.9. The molecule has 0 atom stereocenters. The molecule has 0 saturated heterocycles. The van der Waals surface area contributed by atoms with Crippen molar-refractivity contribution in [1.29, 1.82) is 0 Å². The lowest BCUT2D eigenvalue weighted by molar-refractivity contribution is 0.963. The maximum absolute atomic E-state index is 3.50. The van der Waals surface area contributed by atoms with Crippen LogP contribution in [-0.4, -0.2) is 13.7 Å². The molecule has 3 nitrogen and oxygen atoms in total. The average molecular weight is 557 g/mol. The van der Waals surface area contributed by atoms with E-state index in [-0.39, 0.29) is 0 Å². The Kier molecular flexibility index (Phi) is 7.99. The van der Waals surface area contributed by atoms with Crippen molar-refractivity contribution in [2.75, 3.05) is 0 Å². The van der Waals surface area contributed by atoms with Crippen molar-refractivity contribution in [2.45, 2.75) is 39.9 Å². The molecule has 6 rings (SSSR count). The smallest absolute Gasteiger partial charge is 0.0481 e. The summed E-state index contributed by atoms with van der Waals surface area (Å²) in [7, 11) is 6.26. The van der Waals surface area contributed by atoms with E-state index in [1.165, 1.54) is 66.1 Å². The number of fused-ring (bicyclic) bond motifs is 3. The number of rotatable bonds is 1. The van der Waals surface area contributed by atoms with Gasteiger partial charge in [0.1, 0.15) is 0 Å². The zero-order chi connectivity index (χ0) is 26.9. The van der Waals surface area contributed by atoms with Crippen molar-refractivity contribution in [3.8, 4) is 0 Å². The van der Waals surface area contributed by atoms with Crippen LogP contribution in [0.5, 0.6) is 0 Å². The molecule has 0 saturated carbocycles. The molecule has 3 aromatic heterocycles. The Labute approximate surface area is 229 Å². The number of hydrogen-bond acceptors (Lipinski definition) is 0. The number of nitrogens with zero attached hydrogens (tertiary/aromatic N) is 3. The Morgan fingerprint density at radius 2 is 0.865 bits per heavy atom. The van der Waals surface area contributed by atoms with Crippen LogP contribution in [0.2, 0.25) is 0 Å². The van der Waals surface area contributed by atoms with Crippen LogP contribution >= 0.6 is 15.9 Å². The van der Waals surface area contributed by atoms with Crippen LogP contribution in [0.4, 0.5) is 0 Å². The molecule has 0 aliphatic rings. The number of aryl methyl sites for hydroxylation is 8. The van der Waals surface area contributed by atoms with Gasteiger partial charge in [-0.15, -0.1) is 0 Å². The van der Waals surface area contributed by atoms with Crippen molar-refractivity contribution >= 4 is 48.6 Å². The molecule has 0 radical (unpaired) electrons. The number of alkyl halides is 1. The van der Waals surface area contributed by atoms with E-state index < -0.39 is 0 Å². The highest BCUT2D eigenvalue weighted by atomic mass is 79.9. The molecular formula is C33H38BrN3. The van der Waals surface area contributed by atoms with E-state index >= 15 is 0 Å². The van der Waals surface area contributed by atoms with Gasteiger partial charge < -0.3 is 13.7 Å². The number of hydrogen-bond donors (Lipinski definition) is 0. The predicted octanol–water partition coefficient (Wildman–Crippen LogP) is 8.97. The largest absolute Gasteiger partial charge is 0.350 e. The second-order valence-electron chi connectivity index (χ2n) is 10.3. The molecule has 0 unspecified atom stereocenters. The zero-order valence-corrected chi connectivity index (χ0v) is 24.9. The fourth-order valence-corrected chi connectivity index (χ4v) is 5.55. The van der Waals surface area contributed by atoms with E-state index in [9.17, 15) is 0 Å². The molecule has 3 heterocycles. The van der Waals surface area contributed by atoms with Gasteiger partial charge in [-0.25, -0.2) is 0 Å². The molecule has 37 heavy (non-hydrogen) atoms. The second kappa shape index (κ2) is 11.0. The van der Waals surface area contributed by atoms with Gasteiger partial charge in [0.15, 0.2) is 0 Å². The highest BCUT2D eigenvalue weighted by Gasteiger charge is 2.05.